The van der Waals surface area contributed by atoms with Gasteiger partial charge in [-0.1, -0.05) is 0 Å². The Morgan fingerprint density at radius 3 is 2.25 bits per heavy atom. The molecule has 0 aromatic rings. The Morgan fingerprint density at radius 2 is 1.75 bits per heavy atom. The molecule has 2 fully saturated rings. The van der Waals surface area contributed by atoms with E-state index in [9.17, 15) is 18.0 Å². The fourth-order valence-electron chi connectivity index (χ4n) is 2.45. The molecule has 0 aromatic carbocycles. The Balaban J connectivity index is 1.78. The Bertz CT molecular complexity index is 472. The molecule has 1 saturated carbocycles. The fraction of sp³-hybridized carbons (Fsp3) is 0.833. The molecule has 0 spiro atoms. The summed E-state index contributed by atoms with van der Waals surface area (Å²) in [5, 5.41) is 14.2. The SMILES string of the molecule is O=C(O)CC(NC(=O)NC1CCS(=O)(=O)CC1)C1CC1. The molecule has 20 heavy (non-hydrogen) atoms. The van der Waals surface area contributed by atoms with Gasteiger partial charge < -0.3 is 15.7 Å². The van der Waals surface area contributed by atoms with Crippen LogP contribution in [0.5, 0.6) is 0 Å². The first-order valence-electron chi connectivity index (χ1n) is 6.85. The summed E-state index contributed by atoms with van der Waals surface area (Å²) in [6, 6.07) is -0.879. The van der Waals surface area contributed by atoms with Crippen molar-refractivity contribution in [1.29, 1.82) is 0 Å². The van der Waals surface area contributed by atoms with E-state index in [2.05, 4.69) is 10.6 Å². The predicted molar refractivity (Wildman–Crippen MR) is 72.1 cm³/mol. The lowest BCUT2D eigenvalue weighted by molar-refractivity contribution is -0.137. The molecule has 0 bridgehead atoms. The molecule has 1 unspecified atom stereocenters. The first-order chi connectivity index (χ1) is 9.35. The second-order valence-electron chi connectivity index (χ2n) is 5.59. The summed E-state index contributed by atoms with van der Waals surface area (Å²) in [7, 11) is -2.94. The lowest BCUT2D eigenvalue weighted by Gasteiger charge is -2.24. The van der Waals surface area contributed by atoms with Crippen LogP contribution in [0.4, 0.5) is 4.79 Å². The Labute approximate surface area is 118 Å². The van der Waals surface area contributed by atoms with Crippen LogP contribution in [0.2, 0.25) is 0 Å². The van der Waals surface area contributed by atoms with Crippen LogP contribution < -0.4 is 10.6 Å². The van der Waals surface area contributed by atoms with E-state index in [0.717, 1.165) is 12.8 Å². The van der Waals surface area contributed by atoms with Crippen LogP contribution in [0.25, 0.3) is 0 Å². The van der Waals surface area contributed by atoms with Crippen molar-refractivity contribution in [3.8, 4) is 0 Å². The molecule has 1 aliphatic heterocycles. The zero-order valence-corrected chi connectivity index (χ0v) is 12.0. The summed E-state index contributed by atoms with van der Waals surface area (Å²) in [5.41, 5.74) is 0. The maximum atomic E-state index is 11.8. The molecule has 3 N–H and O–H groups in total. The molecule has 1 atom stereocenters. The number of carbonyl (C=O) groups is 2. The predicted octanol–water partition coefficient (Wildman–Crippen LogP) is 0.116. The van der Waals surface area contributed by atoms with Crippen molar-refractivity contribution < 1.29 is 23.1 Å². The number of carbonyl (C=O) groups excluding carboxylic acids is 1. The molecule has 2 aliphatic rings. The lowest BCUT2D eigenvalue weighted by atomic mass is 10.1. The Kier molecular flexibility index (Phi) is 4.52. The van der Waals surface area contributed by atoms with Crippen molar-refractivity contribution in [3.63, 3.8) is 0 Å². The number of sulfone groups is 1. The minimum atomic E-state index is -2.94. The van der Waals surface area contributed by atoms with Gasteiger partial charge in [0.15, 0.2) is 0 Å². The normalized spacial score (nSPS) is 23.8. The molecule has 8 heteroatoms. The molecular formula is C12H20N2O5S. The van der Waals surface area contributed by atoms with Crippen LogP contribution in [0.15, 0.2) is 0 Å². The summed E-state index contributed by atoms with van der Waals surface area (Å²) in [4.78, 5) is 22.6. The van der Waals surface area contributed by atoms with E-state index in [0.29, 0.717) is 12.8 Å². The highest BCUT2D eigenvalue weighted by atomic mass is 32.2. The van der Waals surface area contributed by atoms with Crippen molar-refractivity contribution >= 4 is 21.8 Å². The van der Waals surface area contributed by atoms with Crippen molar-refractivity contribution in [3.05, 3.63) is 0 Å². The molecule has 0 aromatic heterocycles. The molecule has 7 nitrogen and oxygen atoms in total. The van der Waals surface area contributed by atoms with Gasteiger partial charge in [-0.25, -0.2) is 13.2 Å². The molecule has 1 saturated heterocycles. The standard InChI is InChI=1S/C12H20N2O5S/c15-11(16)7-10(8-1-2-8)14-12(17)13-9-3-5-20(18,19)6-4-9/h8-10H,1-7H2,(H,15,16)(H2,13,14,17). The Hall–Kier alpha value is -1.31. The van der Waals surface area contributed by atoms with Crippen molar-refractivity contribution in [2.75, 3.05) is 11.5 Å². The second kappa shape index (κ2) is 5.99. The van der Waals surface area contributed by atoms with Crippen LogP contribution in [0, 0.1) is 5.92 Å². The van der Waals surface area contributed by atoms with E-state index in [1.807, 2.05) is 0 Å². The highest BCUT2D eigenvalue weighted by molar-refractivity contribution is 7.91. The van der Waals surface area contributed by atoms with Gasteiger partial charge in [0, 0.05) is 12.1 Å². The molecular weight excluding hydrogens is 284 g/mol. The first kappa shape index (κ1) is 15.1. The van der Waals surface area contributed by atoms with E-state index < -0.39 is 21.8 Å². The van der Waals surface area contributed by atoms with Gasteiger partial charge in [-0.3, -0.25) is 4.79 Å². The number of carboxylic acids is 1. The van der Waals surface area contributed by atoms with Crippen LogP contribution >= 0.6 is 0 Å². The third-order valence-electron chi connectivity index (χ3n) is 3.79. The van der Waals surface area contributed by atoms with Crippen LogP contribution in [0.1, 0.15) is 32.1 Å². The number of aliphatic carboxylic acids is 1. The van der Waals surface area contributed by atoms with Gasteiger partial charge >= 0.3 is 12.0 Å². The smallest absolute Gasteiger partial charge is 0.315 e. The highest BCUT2D eigenvalue weighted by Gasteiger charge is 2.34. The maximum Gasteiger partial charge on any atom is 0.315 e. The topological polar surface area (TPSA) is 113 Å². The minimum Gasteiger partial charge on any atom is -0.481 e. The molecule has 1 heterocycles. The van der Waals surface area contributed by atoms with E-state index in [1.54, 1.807) is 0 Å². The first-order valence-corrected chi connectivity index (χ1v) is 8.67. The van der Waals surface area contributed by atoms with E-state index >= 15 is 0 Å². The molecule has 2 amide bonds. The van der Waals surface area contributed by atoms with E-state index in [1.165, 1.54) is 0 Å². The summed E-state index contributed by atoms with van der Waals surface area (Å²) in [5.74, 6) is -0.479. The van der Waals surface area contributed by atoms with Crippen molar-refractivity contribution in [2.45, 2.75) is 44.2 Å². The average molecular weight is 304 g/mol. The van der Waals surface area contributed by atoms with Crippen LogP contribution in [-0.4, -0.2) is 49.1 Å². The number of hydrogen-bond acceptors (Lipinski definition) is 4. The molecule has 2 rings (SSSR count). The minimum absolute atomic E-state index is 0.0723. The average Bonchev–Trinajstić information content (AvgIpc) is 3.14. The van der Waals surface area contributed by atoms with Gasteiger partial charge in [-0.05, 0) is 31.6 Å². The van der Waals surface area contributed by atoms with Gasteiger partial charge in [0.05, 0.1) is 17.9 Å². The summed E-state index contributed by atoms with van der Waals surface area (Å²) >= 11 is 0. The maximum absolute atomic E-state index is 11.8. The van der Waals surface area contributed by atoms with Crippen LogP contribution in [-0.2, 0) is 14.6 Å². The van der Waals surface area contributed by atoms with Crippen LogP contribution in [0.3, 0.4) is 0 Å². The summed E-state index contributed by atoms with van der Waals surface area (Å²) in [6.45, 7) is 0. The van der Waals surface area contributed by atoms with E-state index in [-0.39, 0.29) is 35.9 Å². The summed E-state index contributed by atoms with van der Waals surface area (Å²) < 4.78 is 22.6. The van der Waals surface area contributed by atoms with Gasteiger partial charge in [-0.2, -0.15) is 0 Å². The van der Waals surface area contributed by atoms with Gasteiger partial charge in [0.2, 0.25) is 0 Å². The van der Waals surface area contributed by atoms with E-state index in [4.69, 9.17) is 5.11 Å². The largest absolute Gasteiger partial charge is 0.481 e. The molecule has 0 radical (unpaired) electrons. The number of amides is 2. The third-order valence-corrected chi connectivity index (χ3v) is 5.51. The van der Waals surface area contributed by atoms with Gasteiger partial charge in [-0.15, -0.1) is 0 Å². The monoisotopic (exact) mass is 304 g/mol. The number of urea groups is 1. The second-order valence-corrected chi connectivity index (χ2v) is 7.89. The quantitative estimate of drug-likeness (QED) is 0.667. The fourth-order valence-corrected chi connectivity index (χ4v) is 3.94. The lowest BCUT2D eigenvalue weighted by Crippen LogP contribution is -2.49. The molecule has 114 valence electrons. The Morgan fingerprint density at radius 1 is 1.15 bits per heavy atom. The van der Waals surface area contributed by atoms with Gasteiger partial charge in [0.1, 0.15) is 9.84 Å². The number of carboxylic acid groups (broad SMARTS) is 1. The zero-order chi connectivity index (χ0) is 14.8. The van der Waals surface area contributed by atoms with Crippen molar-refractivity contribution in [2.24, 2.45) is 5.92 Å². The van der Waals surface area contributed by atoms with Crippen molar-refractivity contribution in [1.82, 2.24) is 10.6 Å². The summed E-state index contributed by atoms with van der Waals surface area (Å²) in [6.07, 6.45) is 2.66. The van der Waals surface area contributed by atoms with Gasteiger partial charge in [0.25, 0.3) is 0 Å². The number of nitrogens with one attached hydrogen (secondary N) is 2. The molecule has 1 aliphatic carbocycles. The third kappa shape index (κ3) is 4.66. The number of hydrogen-bond donors (Lipinski definition) is 3. The number of rotatable bonds is 5. The zero-order valence-electron chi connectivity index (χ0n) is 11.2. The highest BCUT2D eigenvalue weighted by Crippen LogP contribution is 2.34.